The van der Waals surface area contributed by atoms with Crippen LogP contribution in [0.1, 0.15) is 5.56 Å². The molecule has 0 saturated carbocycles. The Morgan fingerprint density at radius 2 is 2.15 bits per heavy atom. The van der Waals surface area contributed by atoms with Crippen molar-refractivity contribution < 1.29 is 14.4 Å². The minimum Gasteiger partial charge on any atom is -0.478 e. The molecule has 1 atom stereocenters. The molecule has 1 aliphatic heterocycles. The minimum absolute atomic E-state index is 0.0983. The van der Waals surface area contributed by atoms with Gasteiger partial charge in [-0.15, -0.1) is 0 Å². The van der Waals surface area contributed by atoms with Crippen molar-refractivity contribution in [2.75, 3.05) is 0 Å². The Balaban J connectivity index is 2.44. The zero-order valence-corrected chi connectivity index (χ0v) is 7.65. The Kier molecular flexibility index (Phi) is 2.03. The smallest absolute Gasteiger partial charge is 0.339 e. The molecular formula is C9H7O3P. The normalized spacial score (nSPS) is 15.8. The van der Waals surface area contributed by atoms with Crippen molar-refractivity contribution in [1.29, 1.82) is 0 Å². The number of carbonyl (C=O) groups is 1. The zero-order chi connectivity index (χ0) is 9.26. The van der Waals surface area contributed by atoms with Crippen LogP contribution < -0.4 is 4.52 Å². The molecule has 0 amide bonds. The van der Waals surface area contributed by atoms with Gasteiger partial charge in [0.2, 0.25) is 0 Å². The molecule has 3 nitrogen and oxygen atoms in total. The standard InChI is InChI=1S/C9H7O3P/c10-9(11)8-5-6-3-1-2-4-7(6)12-13-8/h1-5,13H,(H,10,11). The lowest BCUT2D eigenvalue weighted by molar-refractivity contribution is -0.131. The fourth-order valence-corrected chi connectivity index (χ4v) is 1.80. The number of aliphatic carboxylic acids is 1. The van der Waals surface area contributed by atoms with Crippen LogP contribution in [-0.2, 0) is 4.79 Å². The van der Waals surface area contributed by atoms with Crippen LogP contribution in [0.4, 0.5) is 0 Å². The lowest BCUT2D eigenvalue weighted by Gasteiger charge is -2.14. The molecule has 0 aliphatic carbocycles. The van der Waals surface area contributed by atoms with E-state index in [0.29, 0.717) is 5.31 Å². The van der Waals surface area contributed by atoms with Gasteiger partial charge < -0.3 is 9.63 Å². The van der Waals surface area contributed by atoms with E-state index in [2.05, 4.69) is 0 Å². The number of rotatable bonds is 1. The highest BCUT2D eigenvalue weighted by molar-refractivity contribution is 7.40. The van der Waals surface area contributed by atoms with Crippen molar-refractivity contribution in [3.8, 4) is 5.75 Å². The minimum atomic E-state index is -0.909. The zero-order valence-electron chi connectivity index (χ0n) is 6.65. The summed E-state index contributed by atoms with van der Waals surface area (Å²) in [5.74, 6) is -0.154. The summed E-state index contributed by atoms with van der Waals surface area (Å²) in [4.78, 5) is 10.6. The SMILES string of the molecule is O=C(O)C1=Cc2ccccc2OP1. The van der Waals surface area contributed by atoms with Crippen molar-refractivity contribution in [3.63, 3.8) is 0 Å². The second kappa shape index (κ2) is 3.19. The maximum Gasteiger partial charge on any atom is 0.339 e. The molecule has 1 unspecified atom stereocenters. The van der Waals surface area contributed by atoms with Crippen LogP contribution in [0.25, 0.3) is 6.08 Å². The summed E-state index contributed by atoms with van der Waals surface area (Å²) < 4.78 is 5.28. The van der Waals surface area contributed by atoms with Crippen LogP contribution in [0.3, 0.4) is 0 Å². The number of fused-ring (bicyclic) bond motifs is 1. The number of para-hydroxylation sites is 1. The Hall–Kier alpha value is -1.34. The van der Waals surface area contributed by atoms with Crippen LogP contribution in [0, 0.1) is 0 Å². The number of carboxylic acid groups (broad SMARTS) is 1. The molecule has 0 bridgehead atoms. The summed E-state index contributed by atoms with van der Waals surface area (Å²) >= 11 is 0. The highest BCUT2D eigenvalue weighted by Crippen LogP contribution is 2.38. The number of hydrogen-bond donors (Lipinski definition) is 1. The number of hydrogen-bond acceptors (Lipinski definition) is 2. The molecule has 0 aromatic heterocycles. The summed E-state index contributed by atoms with van der Waals surface area (Å²) in [6, 6.07) is 7.38. The fourth-order valence-electron chi connectivity index (χ4n) is 1.09. The molecule has 2 rings (SSSR count). The maximum atomic E-state index is 10.6. The van der Waals surface area contributed by atoms with Gasteiger partial charge in [-0.05, 0) is 12.1 Å². The van der Waals surface area contributed by atoms with E-state index < -0.39 is 5.97 Å². The van der Waals surface area contributed by atoms with E-state index in [-0.39, 0.29) is 8.81 Å². The van der Waals surface area contributed by atoms with Gasteiger partial charge in [-0.25, -0.2) is 4.79 Å². The summed E-state index contributed by atoms with van der Waals surface area (Å²) in [5, 5.41) is 9.04. The van der Waals surface area contributed by atoms with Gasteiger partial charge in [-0.1, -0.05) is 18.2 Å². The van der Waals surface area contributed by atoms with E-state index in [0.717, 1.165) is 11.3 Å². The molecule has 4 heteroatoms. The van der Waals surface area contributed by atoms with Crippen LogP contribution in [-0.4, -0.2) is 11.1 Å². The van der Waals surface area contributed by atoms with Crippen molar-refractivity contribution in [2.24, 2.45) is 0 Å². The largest absolute Gasteiger partial charge is 0.478 e. The first-order chi connectivity index (χ1) is 6.27. The van der Waals surface area contributed by atoms with Gasteiger partial charge in [0.1, 0.15) is 14.6 Å². The summed E-state index contributed by atoms with van der Waals surface area (Å²) in [6.07, 6.45) is 1.65. The highest BCUT2D eigenvalue weighted by Gasteiger charge is 2.15. The average molecular weight is 194 g/mol. The number of benzene rings is 1. The summed E-state index contributed by atoms with van der Waals surface area (Å²) in [7, 11) is -0.0983. The molecule has 66 valence electrons. The quantitative estimate of drug-likeness (QED) is 0.696. The van der Waals surface area contributed by atoms with E-state index in [1.165, 1.54) is 0 Å². The van der Waals surface area contributed by atoms with E-state index in [1.807, 2.05) is 24.3 Å². The van der Waals surface area contributed by atoms with Crippen LogP contribution in [0.2, 0.25) is 0 Å². The lowest BCUT2D eigenvalue weighted by Crippen LogP contribution is -2.00. The van der Waals surface area contributed by atoms with Crippen molar-refractivity contribution in [1.82, 2.24) is 0 Å². The van der Waals surface area contributed by atoms with E-state index in [4.69, 9.17) is 9.63 Å². The second-order valence-electron chi connectivity index (χ2n) is 2.61. The molecule has 0 saturated heterocycles. The molecule has 1 N–H and O–H groups in total. The van der Waals surface area contributed by atoms with Gasteiger partial charge in [-0.2, -0.15) is 0 Å². The summed E-state index contributed by atoms with van der Waals surface area (Å²) in [6.45, 7) is 0. The Morgan fingerprint density at radius 1 is 1.38 bits per heavy atom. The maximum absolute atomic E-state index is 10.6. The predicted octanol–water partition coefficient (Wildman–Crippen LogP) is 2.10. The van der Waals surface area contributed by atoms with Crippen molar-refractivity contribution in [2.45, 2.75) is 0 Å². The van der Waals surface area contributed by atoms with Crippen LogP contribution in [0.5, 0.6) is 5.75 Å². The predicted molar refractivity (Wildman–Crippen MR) is 51.0 cm³/mol. The van der Waals surface area contributed by atoms with Crippen molar-refractivity contribution in [3.05, 3.63) is 35.1 Å². The van der Waals surface area contributed by atoms with Gasteiger partial charge in [0.15, 0.2) is 0 Å². The van der Waals surface area contributed by atoms with Gasteiger partial charge in [-0.3, -0.25) is 0 Å². The second-order valence-corrected chi connectivity index (χ2v) is 3.55. The average Bonchev–Trinajstić information content (AvgIpc) is 2.17. The first-order valence-corrected chi connectivity index (χ1v) is 4.65. The lowest BCUT2D eigenvalue weighted by atomic mass is 10.2. The summed E-state index contributed by atoms with van der Waals surface area (Å²) in [5.41, 5.74) is 0.832. The molecule has 1 aliphatic rings. The Bertz CT molecular complexity index is 384. The monoisotopic (exact) mass is 194 g/mol. The van der Waals surface area contributed by atoms with Crippen LogP contribution >= 0.6 is 8.81 Å². The molecule has 1 aromatic rings. The molecule has 0 radical (unpaired) electrons. The topological polar surface area (TPSA) is 46.5 Å². The van der Waals surface area contributed by atoms with Crippen LogP contribution in [0.15, 0.2) is 29.6 Å². The Morgan fingerprint density at radius 3 is 2.92 bits per heavy atom. The van der Waals surface area contributed by atoms with E-state index >= 15 is 0 Å². The van der Waals surface area contributed by atoms with Gasteiger partial charge in [0.05, 0.1) is 5.31 Å². The number of carboxylic acids is 1. The van der Waals surface area contributed by atoms with Crippen molar-refractivity contribution >= 4 is 20.9 Å². The molecule has 0 fully saturated rings. The molecule has 0 spiro atoms. The van der Waals surface area contributed by atoms with E-state index in [1.54, 1.807) is 6.08 Å². The first kappa shape index (κ1) is 8.27. The van der Waals surface area contributed by atoms with Gasteiger partial charge >= 0.3 is 5.97 Å². The van der Waals surface area contributed by atoms with E-state index in [9.17, 15) is 4.79 Å². The third kappa shape index (κ3) is 1.56. The highest BCUT2D eigenvalue weighted by atomic mass is 31.1. The van der Waals surface area contributed by atoms with Gasteiger partial charge in [0, 0.05) is 5.56 Å². The third-order valence-electron chi connectivity index (χ3n) is 1.72. The molecule has 13 heavy (non-hydrogen) atoms. The molecular weight excluding hydrogens is 187 g/mol. The first-order valence-electron chi connectivity index (χ1n) is 3.74. The molecule has 1 heterocycles. The molecule has 1 aromatic carbocycles. The Labute approximate surface area is 76.9 Å². The van der Waals surface area contributed by atoms with Gasteiger partial charge in [0.25, 0.3) is 0 Å². The third-order valence-corrected chi connectivity index (χ3v) is 2.62. The fraction of sp³-hybridized carbons (Fsp3) is 0.